The molecular weight excluding hydrogens is 368 g/mol. The third-order valence-corrected chi connectivity index (χ3v) is 6.70. The van der Waals surface area contributed by atoms with Crippen LogP contribution in [0.4, 0.5) is 16.2 Å². The van der Waals surface area contributed by atoms with Crippen molar-refractivity contribution in [3.05, 3.63) is 23.8 Å². The summed E-state index contributed by atoms with van der Waals surface area (Å²) in [6.07, 6.45) is 5.02. The molecule has 0 bridgehead atoms. The van der Waals surface area contributed by atoms with Crippen LogP contribution in [0.1, 0.15) is 49.4 Å². The van der Waals surface area contributed by atoms with Gasteiger partial charge in [-0.25, -0.2) is 4.79 Å². The molecule has 2 aliphatic carbocycles. The van der Waals surface area contributed by atoms with Gasteiger partial charge in [0.2, 0.25) is 5.91 Å². The van der Waals surface area contributed by atoms with Crippen LogP contribution >= 0.6 is 0 Å². The lowest BCUT2D eigenvalue weighted by atomic mass is 10.1. The number of hydrogen-bond donors (Lipinski definition) is 2. The molecule has 0 radical (unpaired) electrons. The van der Waals surface area contributed by atoms with Crippen molar-refractivity contribution in [1.29, 1.82) is 0 Å². The highest BCUT2D eigenvalue weighted by Crippen LogP contribution is 2.45. The molecule has 3 atom stereocenters. The first-order valence-corrected chi connectivity index (χ1v) is 10.8. The van der Waals surface area contributed by atoms with E-state index in [1.807, 2.05) is 11.8 Å². The molecule has 4 aliphatic rings. The van der Waals surface area contributed by atoms with E-state index in [2.05, 4.69) is 10.6 Å². The van der Waals surface area contributed by atoms with Gasteiger partial charge in [-0.3, -0.25) is 14.5 Å². The molecule has 1 aromatic rings. The first kappa shape index (κ1) is 18.5. The third-order valence-electron chi connectivity index (χ3n) is 6.70. The highest BCUT2D eigenvalue weighted by Gasteiger charge is 2.48. The first-order valence-electron chi connectivity index (χ1n) is 10.8. The summed E-state index contributed by atoms with van der Waals surface area (Å²) in [7, 11) is 0. The molecule has 2 heterocycles. The van der Waals surface area contributed by atoms with E-state index in [-0.39, 0.29) is 30.3 Å². The highest BCUT2D eigenvalue weighted by atomic mass is 16.2. The van der Waals surface area contributed by atoms with Crippen LogP contribution in [0, 0.1) is 17.8 Å². The van der Waals surface area contributed by atoms with Crippen molar-refractivity contribution in [2.75, 3.05) is 29.9 Å². The summed E-state index contributed by atoms with van der Waals surface area (Å²) in [6, 6.07) is 4.96. The number of hydrogen-bond acceptors (Lipinski definition) is 3. The van der Waals surface area contributed by atoms with Crippen LogP contribution in [0.3, 0.4) is 0 Å². The van der Waals surface area contributed by atoms with Crippen LogP contribution in [0.15, 0.2) is 18.2 Å². The van der Waals surface area contributed by atoms with Gasteiger partial charge in [0.05, 0.1) is 11.4 Å². The van der Waals surface area contributed by atoms with Crippen molar-refractivity contribution in [2.24, 2.45) is 17.8 Å². The van der Waals surface area contributed by atoms with Crippen molar-refractivity contribution in [3.63, 3.8) is 0 Å². The predicted molar refractivity (Wildman–Crippen MR) is 110 cm³/mol. The Labute approximate surface area is 170 Å². The lowest BCUT2D eigenvalue weighted by molar-refractivity contribution is -0.116. The predicted octanol–water partition coefficient (Wildman–Crippen LogP) is 2.83. The molecular formula is C22H28N4O3. The zero-order chi connectivity index (χ0) is 20.1. The molecule has 2 aliphatic heterocycles. The van der Waals surface area contributed by atoms with Crippen molar-refractivity contribution in [1.82, 2.24) is 10.2 Å². The minimum atomic E-state index is -0.237. The fourth-order valence-corrected chi connectivity index (χ4v) is 4.68. The monoisotopic (exact) mass is 396 g/mol. The number of likely N-dealkylation sites (tertiary alicyclic amines) is 1. The average molecular weight is 396 g/mol. The maximum absolute atomic E-state index is 13.3. The fourth-order valence-electron chi connectivity index (χ4n) is 4.68. The Morgan fingerprint density at radius 1 is 1.21 bits per heavy atom. The van der Waals surface area contributed by atoms with Gasteiger partial charge in [-0.2, -0.15) is 0 Å². The molecule has 0 aromatic heterocycles. The number of nitrogens with zero attached hydrogens (tertiary/aromatic N) is 2. The van der Waals surface area contributed by atoms with Gasteiger partial charge in [0.25, 0.3) is 5.91 Å². The average Bonchev–Trinajstić information content (AvgIpc) is 3.61. The molecule has 1 aromatic carbocycles. The van der Waals surface area contributed by atoms with Crippen molar-refractivity contribution >= 4 is 29.2 Å². The molecule has 7 nitrogen and oxygen atoms in total. The van der Waals surface area contributed by atoms with Crippen LogP contribution in [0.25, 0.3) is 0 Å². The van der Waals surface area contributed by atoms with Gasteiger partial charge in [0, 0.05) is 37.7 Å². The van der Waals surface area contributed by atoms with Crippen LogP contribution in [-0.4, -0.2) is 48.4 Å². The number of anilines is 2. The molecule has 2 N–H and O–H groups in total. The van der Waals surface area contributed by atoms with Crippen LogP contribution in [-0.2, 0) is 4.79 Å². The van der Waals surface area contributed by atoms with Gasteiger partial charge in [-0.15, -0.1) is 0 Å². The summed E-state index contributed by atoms with van der Waals surface area (Å²) in [4.78, 5) is 41.8. The molecule has 5 rings (SSSR count). The number of rotatable bonds is 4. The summed E-state index contributed by atoms with van der Waals surface area (Å²) in [5, 5.41) is 5.85. The third kappa shape index (κ3) is 3.70. The number of benzene rings is 1. The summed E-state index contributed by atoms with van der Waals surface area (Å²) in [5.74, 6) is 1.80. The summed E-state index contributed by atoms with van der Waals surface area (Å²) >= 11 is 0. The molecule has 0 spiro atoms. The smallest absolute Gasteiger partial charge is 0.324 e. The Balaban J connectivity index is 1.37. The molecule has 2 saturated carbocycles. The Morgan fingerprint density at radius 3 is 2.69 bits per heavy atom. The zero-order valence-corrected chi connectivity index (χ0v) is 16.8. The normalized spacial score (nSPS) is 27.6. The minimum Gasteiger partial charge on any atom is -0.352 e. The van der Waals surface area contributed by atoms with E-state index in [0.717, 1.165) is 25.4 Å². The Hall–Kier alpha value is -2.57. The molecule has 1 saturated heterocycles. The first-order chi connectivity index (χ1) is 14.0. The molecule has 4 amide bonds. The second-order valence-corrected chi connectivity index (χ2v) is 9.13. The number of amides is 4. The maximum atomic E-state index is 13.3. The number of urea groups is 1. The molecule has 3 fully saturated rings. The number of piperidine rings is 1. The second kappa shape index (κ2) is 7.04. The van der Waals surface area contributed by atoms with E-state index in [1.54, 1.807) is 23.1 Å². The Bertz CT molecular complexity index is 856. The maximum Gasteiger partial charge on any atom is 0.324 e. The number of carbonyl (C=O) groups is 3. The van der Waals surface area contributed by atoms with E-state index in [0.29, 0.717) is 35.3 Å². The van der Waals surface area contributed by atoms with E-state index in [1.165, 1.54) is 19.3 Å². The molecule has 154 valence electrons. The SMILES string of the molecule is CC1CC(=O)Nc2cc(C(=O)NCCC3CC3)ccc2N1C(=O)N1CC2CC2C1. The zero-order valence-electron chi connectivity index (χ0n) is 16.8. The second-order valence-electron chi connectivity index (χ2n) is 9.13. The lowest BCUT2D eigenvalue weighted by Gasteiger charge is -2.32. The molecule has 29 heavy (non-hydrogen) atoms. The standard InChI is InChI=1S/C22H28N4O3/c1-13-8-20(27)24-18-10-15(21(28)23-7-6-14-2-3-14)4-5-19(18)26(13)22(29)25-11-16-9-17(16)12-25/h4-5,10,13-14,16-17H,2-3,6-9,11-12H2,1H3,(H,23,28)(H,24,27). The summed E-state index contributed by atoms with van der Waals surface area (Å²) < 4.78 is 0. The number of fused-ring (bicyclic) bond motifs is 2. The van der Waals surface area contributed by atoms with E-state index in [4.69, 9.17) is 0 Å². The lowest BCUT2D eigenvalue weighted by Crippen LogP contribution is -2.47. The van der Waals surface area contributed by atoms with E-state index < -0.39 is 0 Å². The van der Waals surface area contributed by atoms with Gasteiger partial charge < -0.3 is 15.5 Å². The quantitative estimate of drug-likeness (QED) is 0.821. The molecule has 7 heteroatoms. The van der Waals surface area contributed by atoms with Gasteiger partial charge in [-0.05, 0) is 55.7 Å². The van der Waals surface area contributed by atoms with Gasteiger partial charge >= 0.3 is 6.03 Å². The summed E-state index contributed by atoms with van der Waals surface area (Å²) in [6.45, 7) is 4.20. The topological polar surface area (TPSA) is 81.8 Å². The van der Waals surface area contributed by atoms with E-state index in [9.17, 15) is 14.4 Å². The van der Waals surface area contributed by atoms with Crippen LogP contribution in [0.2, 0.25) is 0 Å². The largest absolute Gasteiger partial charge is 0.352 e. The molecule has 3 unspecified atom stereocenters. The van der Waals surface area contributed by atoms with Crippen molar-refractivity contribution in [3.8, 4) is 0 Å². The summed E-state index contributed by atoms with van der Waals surface area (Å²) in [5.41, 5.74) is 1.71. The van der Waals surface area contributed by atoms with Gasteiger partial charge in [0.15, 0.2) is 0 Å². The van der Waals surface area contributed by atoms with Crippen LogP contribution < -0.4 is 15.5 Å². The Kier molecular flexibility index (Phi) is 4.48. The number of nitrogens with one attached hydrogen (secondary N) is 2. The van der Waals surface area contributed by atoms with E-state index >= 15 is 0 Å². The Morgan fingerprint density at radius 2 is 1.97 bits per heavy atom. The fraction of sp³-hybridized carbons (Fsp3) is 0.591. The van der Waals surface area contributed by atoms with Gasteiger partial charge in [0.1, 0.15) is 0 Å². The van der Waals surface area contributed by atoms with Crippen molar-refractivity contribution < 1.29 is 14.4 Å². The minimum absolute atomic E-state index is 0.0379. The van der Waals surface area contributed by atoms with Crippen molar-refractivity contribution in [2.45, 2.75) is 45.1 Å². The van der Waals surface area contributed by atoms with Gasteiger partial charge in [-0.1, -0.05) is 12.8 Å². The van der Waals surface area contributed by atoms with Crippen LogP contribution in [0.5, 0.6) is 0 Å². The number of carbonyl (C=O) groups excluding carboxylic acids is 3. The highest BCUT2D eigenvalue weighted by molar-refractivity contribution is 6.06.